The Bertz CT molecular complexity index is 586. The summed E-state index contributed by atoms with van der Waals surface area (Å²) in [5.41, 5.74) is 8.09. The average Bonchev–Trinajstić information content (AvgIpc) is 2.45. The van der Waals surface area contributed by atoms with Crippen molar-refractivity contribution in [3.8, 4) is 5.75 Å². The van der Waals surface area contributed by atoms with E-state index >= 15 is 0 Å². The monoisotopic (exact) mass is 309 g/mol. The molecule has 0 amide bonds. The Labute approximate surface area is 129 Å². The van der Waals surface area contributed by atoms with Gasteiger partial charge in [-0.25, -0.2) is 0 Å². The van der Waals surface area contributed by atoms with Gasteiger partial charge in [0.05, 0.1) is 12.6 Å². The minimum absolute atomic E-state index is 0.301. The third-order valence-corrected chi connectivity index (χ3v) is 3.55. The summed E-state index contributed by atoms with van der Waals surface area (Å²) in [5, 5.41) is 1.18. The van der Waals surface area contributed by atoms with Gasteiger partial charge in [0.2, 0.25) is 0 Å². The van der Waals surface area contributed by atoms with Gasteiger partial charge in [-0.1, -0.05) is 48.3 Å². The molecule has 0 aliphatic rings. The van der Waals surface area contributed by atoms with Gasteiger partial charge in [0, 0.05) is 10.0 Å². The van der Waals surface area contributed by atoms with Crippen LogP contribution in [-0.2, 0) is 0 Å². The lowest BCUT2D eigenvalue weighted by Gasteiger charge is -2.15. The van der Waals surface area contributed by atoms with Gasteiger partial charge in [-0.05, 0) is 41.8 Å². The molecule has 0 heterocycles. The molecule has 4 heteroatoms. The maximum Gasteiger partial charge on any atom is 0.119 e. The van der Waals surface area contributed by atoms with Gasteiger partial charge in [0.15, 0.2) is 0 Å². The second kappa shape index (κ2) is 6.98. The Kier molecular flexibility index (Phi) is 5.30. The van der Waals surface area contributed by atoms with Gasteiger partial charge < -0.3 is 10.5 Å². The largest absolute Gasteiger partial charge is 0.494 e. The Morgan fingerprint density at radius 2 is 1.95 bits per heavy atom. The molecule has 2 rings (SSSR count). The van der Waals surface area contributed by atoms with Crippen LogP contribution in [0.15, 0.2) is 42.5 Å². The van der Waals surface area contributed by atoms with E-state index in [1.54, 1.807) is 12.1 Å². The van der Waals surface area contributed by atoms with Crippen molar-refractivity contribution in [1.29, 1.82) is 0 Å². The number of benzene rings is 2. The first kappa shape index (κ1) is 15.2. The summed E-state index contributed by atoms with van der Waals surface area (Å²) in [6.07, 6.45) is 0.972. The fraction of sp³-hybridized carbons (Fsp3) is 0.250. The van der Waals surface area contributed by atoms with Crippen LogP contribution in [0.5, 0.6) is 5.75 Å². The van der Waals surface area contributed by atoms with Gasteiger partial charge in [-0.2, -0.15) is 0 Å². The molecule has 0 saturated heterocycles. The van der Waals surface area contributed by atoms with E-state index in [4.69, 9.17) is 33.7 Å². The van der Waals surface area contributed by atoms with Crippen molar-refractivity contribution < 1.29 is 4.74 Å². The standard InChI is InChI=1S/C16H17Cl2NO/c1-2-8-20-13-5-3-4-11(9-13)16(19)14-7-6-12(17)10-15(14)18/h3-7,9-10,16H,2,8,19H2,1H3. The van der Waals surface area contributed by atoms with Crippen LogP contribution >= 0.6 is 23.2 Å². The van der Waals surface area contributed by atoms with E-state index in [0.29, 0.717) is 16.7 Å². The highest BCUT2D eigenvalue weighted by Crippen LogP contribution is 2.30. The highest BCUT2D eigenvalue weighted by molar-refractivity contribution is 6.35. The van der Waals surface area contributed by atoms with Crippen LogP contribution in [0.25, 0.3) is 0 Å². The lowest BCUT2D eigenvalue weighted by Crippen LogP contribution is -2.12. The van der Waals surface area contributed by atoms with E-state index in [2.05, 4.69) is 6.92 Å². The molecule has 0 spiro atoms. The molecule has 0 radical (unpaired) electrons. The van der Waals surface area contributed by atoms with Gasteiger partial charge >= 0.3 is 0 Å². The summed E-state index contributed by atoms with van der Waals surface area (Å²) in [4.78, 5) is 0. The molecule has 20 heavy (non-hydrogen) atoms. The zero-order valence-electron chi connectivity index (χ0n) is 11.3. The molecule has 2 aromatic carbocycles. The lowest BCUT2D eigenvalue weighted by molar-refractivity contribution is 0.317. The second-order valence-corrected chi connectivity index (χ2v) is 5.41. The number of ether oxygens (including phenoxy) is 1. The van der Waals surface area contributed by atoms with E-state index in [-0.39, 0.29) is 6.04 Å². The topological polar surface area (TPSA) is 35.2 Å². The van der Waals surface area contributed by atoms with Crippen LogP contribution in [0, 0.1) is 0 Å². The summed E-state index contributed by atoms with van der Waals surface area (Å²) >= 11 is 12.1. The Morgan fingerprint density at radius 1 is 1.15 bits per heavy atom. The van der Waals surface area contributed by atoms with Crippen LogP contribution in [0.1, 0.15) is 30.5 Å². The summed E-state index contributed by atoms with van der Waals surface area (Å²) < 4.78 is 5.62. The molecule has 0 aromatic heterocycles. The van der Waals surface area contributed by atoms with E-state index < -0.39 is 0 Å². The minimum atomic E-state index is -0.301. The zero-order chi connectivity index (χ0) is 14.5. The summed E-state index contributed by atoms with van der Waals surface area (Å²) in [5.74, 6) is 0.824. The van der Waals surface area contributed by atoms with E-state index in [9.17, 15) is 0 Å². The van der Waals surface area contributed by atoms with E-state index in [0.717, 1.165) is 23.3 Å². The van der Waals surface area contributed by atoms with Crippen molar-refractivity contribution >= 4 is 23.2 Å². The van der Waals surface area contributed by atoms with Crippen molar-refractivity contribution in [3.05, 3.63) is 63.6 Å². The van der Waals surface area contributed by atoms with Gasteiger partial charge in [0.25, 0.3) is 0 Å². The highest BCUT2D eigenvalue weighted by Gasteiger charge is 2.13. The third-order valence-electron chi connectivity index (χ3n) is 2.99. The van der Waals surface area contributed by atoms with Crippen molar-refractivity contribution in [2.45, 2.75) is 19.4 Å². The summed E-state index contributed by atoms with van der Waals surface area (Å²) in [6.45, 7) is 2.77. The lowest BCUT2D eigenvalue weighted by atomic mass is 9.99. The average molecular weight is 310 g/mol. The van der Waals surface area contributed by atoms with Crippen LogP contribution in [0.2, 0.25) is 10.0 Å². The smallest absolute Gasteiger partial charge is 0.119 e. The summed E-state index contributed by atoms with van der Waals surface area (Å²) in [6, 6.07) is 12.8. The van der Waals surface area contributed by atoms with Crippen molar-refractivity contribution in [1.82, 2.24) is 0 Å². The Hall–Kier alpha value is -1.22. The highest BCUT2D eigenvalue weighted by atomic mass is 35.5. The minimum Gasteiger partial charge on any atom is -0.494 e. The molecule has 2 N–H and O–H groups in total. The van der Waals surface area contributed by atoms with Crippen LogP contribution in [0.3, 0.4) is 0 Å². The first-order valence-electron chi connectivity index (χ1n) is 6.55. The normalized spacial score (nSPS) is 12.2. The van der Waals surface area contributed by atoms with E-state index in [1.165, 1.54) is 0 Å². The number of hydrogen-bond donors (Lipinski definition) is 1. The molecule has 1 atom stereocenters. The zero-order valence-corrected chi connectivity index (χ0v) is 12.8. The fourth-order valence-corrected chi connectivity index (χ4v) is 2.48. The van der Waals surface area contributed by atoms with Crippen LogP contribution in [-0.4, -0.2) is 6.61 Å². The number of halogens is 2. The molecule has 0 saturated carbocycles. The maximum absolute atomic E-state index is 6.28. The van der Waals surface area contributed by atoms with Crippen molar-refractivity contribution in [2.75, 3.05) is 6.61 Å². The molecule has 0 fully saturated rings. The molecular weight excluding hydrogens is 293 g/mol. The Balaban J connectivity index is 2.26. The molecule has 2 nitrogen and oxygen atoms in total. The van der Waals surface area contributed by atoms with Gasteiger partial charge in [-0.15, -0.1) is 0 Å². The maximum atomic E-state index is 6.28. The Morgan fingerprint density at radius 3 is 2.65 bits per heavy atom. The quantitative estimate of drug-likeness (QED) is 0.858. The van der Waals surface area contributed by atoms with Crippen molar-refractivity contribution in [2.24, 2.45) is 5.73 Å². The first-order valence-corrected chi connectivity index (χ1v) is 7.30. The second-order valence-electron chi connectivity index (χ2n) is 4.56. The third kappa shape index (κ3) is 3.66. The first-order chi connectivity index (χ1) is 9.61. The molecule has 106 valence electrons. The number of nitrogens with two attached hydrogens (primary N) is 1. The van der Waals surface area contributed by atoms with E-state index in [1.807, 2.05) is 30.3 Å². The predicted molar refractivity (Wildman–Crippen MR) is 84.7 cm³/mol. The molecule has 1 unspecified atom stereocenters. The summed E-state index contributed by atoms with van der Waals surface area (Å²) in [7, 11) is 0. The molecule has 0 aliphatic heterocycles. The molecule has 0 bridgehead atoms. The van der Waals surface area contributed by atoms with Crippen molar-refractivity contribution in [3.63, 3.8) is 0 Å². The predicted octanol–water partition coefficient (Wildman–Crippen LogP) is 4.83. The molecular formula is C16H17Cl2NO. The van der Waals surface area contributed by atoms with Gasteiger partial charge in [0.1, 0.15) is 5.75 Å². The van der Waals surface area contributed by atoms with Gasteiger partial charge in [-0.3, -0.25) is 0 Å². The molecule has 2 aromatic rings. The molecule has 0 aliphatic carbocycles. The fourth-order valence-electron chi connectivity index (χ4n) is 1.95. The SMILES string of the molecule is CCCOc1cccc(C(N)c2ccc(Cl)cc2Cl)c1. The number of hydrogen-bond acceptors (Lipinski definition) is 2. The van der Waals surface area contributed by atoms with Crippen LogP contribution < -0.4 is 10.5 Å². The number of rotatable bonds is 5. The van der Waals surface area contributed by atoms with Crippen LogP contribution in [0.4, 0.5) is 0 Å².